The quantitative estimate of drug-likeness (QED) is 0.608. The van der Waals surface area contributed by atoms with Crippen molar-refractivity contribution in [2.45, 2.75) is 52.1 Å². The van der Waals surface area contributed by atoms with Gasteiger partial charge in [0.15, 0.2) is 0 Å². The van der Waals surface area contributed by atoms with Crippen molar-refractivity contribution in [3.05, 3.63) is 59.7 Å². The van der Waals surface area contributed by atoms with E-state index >= 15 is 0 Å². The van der Waals surface area contributed by atoms with Gasteiger partial charge < -0.3 is 20.5 Å². The van der Waals surface area contributed by atoms with E-state index in [1.54, 1.807) is 6.92 Å². The van der Waals surface area contributed by atoms with Crippen LogP contribution < -0.4 is 10.6 Å². The Bertz CT molecular complexity index is 966. The average Bonchev–Trinajstić information content (AvgIpc) is 3.02. The Kier molecular flexibility index (Phi) is 6.87. The number of carbonyl (C=O) groups is 3. The number of nitrogens with one attached hydrogen (secondary N) is 2. The Balaban J connectivity index is 1.67. The van der Waals surface area contributed by atoms with Crippen molar-refractivity contribution in [1.82, 2.24) is 10.6 Å². The van der Waals surface area contributed by atoms with Crippen LogP contribution in [0.3, 0.4) is 0 Å². The topological polar surface area (TPSA) is 105 Å². The van der Waals surface area contributed by atoms with Gasteiger partial charge >= 0.3 is 12.1 Å². The highest BCUT2D eigenvalue weighted by molar-refractivity contribution is 5.87. The van der Waals surface area contributed by atoms with Crippen LogP contribution in [0.5, 0.6) is 0 Å². The van der Waals surface area contributed by atoms with Crippen molar-refractivity contribution in [1.29, 1.82) is 0 Å². The highest BCUT2D eigenvalue weighted by atomic mass is 16.5. The van der Waals surface area contributed by atoms with Crippen molar-refractivity contribution in [2.75, 3.05) is 6.61 Å². The molecule has 0 bridgehead atoms. The Morgan fingerprint density at radius 3 is 2.00 bits per heavy atom. The molecule has 2 amide bonds. The van der Waals surface area contributed by atoms with E-state index in [0.29, 0.717) is 0 Å². The smallest absolute Gasteiger partial charge is 0.407 e. The van der Waals surface area contributed by atoms with Crippen molar-refractivity contribution in [3.63, 3.8) is 0 Å². The maximum atomic E-state index is 12.7. The predicted molar refractivity (Wildman–Crippen MR) is 121 cm³/mol. The number of hydrogen-bond acceptors (Lipinski definition) is 4. The average molecular weight is 439 g/mol. The maximum absolute atomic E-state index is 12.7. The summed E-state index contributed by atoms with van der Waals surface area (Å²) in [5, 5.41) is 14.2. The molecule has 7 heteroatoms. The first-order chi connectivity index (χ1) is 15.1. The minimum absolute atomic E-state index is 0.0781. The van der Waals surface area contributed by atoms with Crippen LogP contribution in [0.25, 0.3) is 11.1 Å². The van der Waals surface area contributed by atoms with Gasteiger partial charge in [-0.05, 0) is 34.6 Å². The number of ether oxygens (including phenoxy) is 1. The minimum atomic E-state index is -1.00. The second-order valence-corrected chi connectivity index (χ2v) is 9.28. The zero-order valence-electron chi connectivity index (χ0n) is 18.8. The fourth-order valence-corrected chi connectivity index (χ4v) is 4.07. The van der Waals surface area contributed by atoms with Crippen LogP contribution in [0.4, 0.5) is 4.79 Å². The Labute approximate surface area is 188 Å². The van der Waals surface area contributed by atoms with E-state index in [1.165, 1.54) is 0 Å². The van der Waals surface area contributed by atoms with Gasteiger partial charge in [-0.2, -0.15) is 0 Å². The van der Waals surface area contributed by atoms with Gasteiger partial charge in [0.25, 0.3) is 0 Å². The van der Waals surface area contributed by atoms with E-state index in [-0.39, 0.29) is 18.9 Å². The molecule has 0 saturated carbocycles. The highest BCUT2D eigenvalue weighted by Crippen LogP contribution is 2.44. The van der Waals surface area contributed by atoms with E-state index in [4.69, 9.17) is 9.84 Å². The van der Waals surface area contributed by atoms with Crippen molar-refractivity contribution >= 4 is 18.0 Å². The summed E-state index contributed by atoms with van der Waals surface area (Å²) in [5.74, 6) is -1.53. The molecular weight excluding hydrogens is 408 g/mol. The van der Waals surface area contributed by atoms with Gasteiger partial charge in [-0.25, -0.2) is 4.79 Å². The normalized spacial score (nSPS) is 14.6. The van der Waals surface area contributed by atoms with E-state index in [1.807, 2.05) is 57.2 Å². The lowest BCUT2D eigenvalue weighted by atomic mass is 9.86. The summed E-state index contributed by atoms with van der Waals surface area (Å²) in [6.07, 6.45) is -0.888. The first-order valence-electron chi connectivity index (χ1n) is 10.7. The number of benzene rings is 2. The van der Waals surface area contributed by atoms with Gasteiger partial charge in [-0.3, -0.25) is 9.59 Å². The molecule has 0 aliphatic heterocycles. The van der Waals surface area contributed by atoms with E-state index in [0.717, 1.165) is 22.3 Å². The first-order valence-corrected chi connectivity index (χ1v) is 10.7. The maximum Gasteiger partial charge on any atom is 0.407 e. The van der Waals surface area contributed by atoms with Gasteiger partial charge in [0, 0.05) is 12.0 Å². The molecule has 0 spiro atoms. The number of amides is 2. The minimum Gasteiger partial charge on any atom is -0.481 e. The van der Waals surface area contributed by atoms with Crippen molar-refractivity contribution in [3.8, 4) is 11.1 Å². The number of hydrogen-bond donors (Lipinski definition) is 3. The van der Waals surface area contributed by atoms with Gasteiger partial charge in [0.1, 0.15) is 12.6 Å². The standard InChI is InChI=1S/C25H30N2O5/c1-15(13-21(28)29)26-23(30)22(25(2,3)4)27-24(31)32-14-20-18-11-7-5-9-16(18)17-10-6-8-12-19(17)20/h5-12,15,20,22H,13-14H2,1-4H3,(H,26,30)(H,27,31)(H,28,29)/t15-,22?/m0/s1. The van der Waals surface area contributed by atoms with E-state index in [2.05, 4.69) is 22.8 Å². The fraction of sp³-hybridized carbons (Fsp3) is 0.400. The molecule has 7 nitrogen and oxygen atoms in total. The number of fused-ring (bicyclic) bond motifs is 3. The molecule has 0 aromatic heterocycles. The lowest BCUT2D eigenvalue weighted by Gasteiger charge is -2.31. The van der Waals surface area contributed by atoms with E-state index < -0.39 is 35.5 Å². The van der Waals surface area contributed by atoms with Crippen LogP contribution >= 0.6 is 0 Å². The Morgan fingerprint density at radius 1 is 0.969 bits per heavy atom. The Morgan fingerprint density at radius 2 is 1.50 bits per heavy atom. The van der Waals surface area contributed by atoms with Crippen molar-refractivity contribution in [2.24, 2.45) is 5.41 Å². The molecular formula is C25H30N2O5. The summed E-state index contributed by atoms with van der Waals surface area (Å²) in [6, 6.07) is 14.7. The summed E-state index contributed by atoms with van der Waals surface area (Å²) < 4.78 is 5.56. The summed E-state index contributed by atoms with van der Waals surface area (Å²) in [4.78, 5) is 36.3. The van der Waals surface area contributed by atoms with Crippen molar-refractivity contribution < 1.29 is 24.2 Å². The predicted octanol–water partition coefficient (Wildman–Crippen LogP) is 3.92. The second kappa shape index (κ2) is 9.42. The number of carbonyl (C=O) groups excluding carboxylic acids is 2. The molecule has 0 saturated heterocycles. The molecule has 2 aromatic carbocycles. The summed E-state index contributed by atoms with van der Waals surface area (Å²) in [5.41, 5.74) is 3.88. The molecule has 2 aromatic rings. The molecule has 0 heterocycles. The second-order valence-electron chi connectivity index (χ2n) is 9.28. The third kappa shape index (κ3) is 5.28. The molecule has 1 unspecified atom stereocenters. The number of aliphatic carboxylic acids is 1. The largest absolute Gasteiger partial charge is 0.481 e. The first kappa shape index (κ1) is 23.3. The van der Waals surface area contributed by atoms with E-state index in [9.17, 15) is 14.4 Å². The number of alkyl carbamates (subject to hydrolysis) is 1. The van der Waals surface area contributed by atoms with Gasteiger partial charge in [-0.15, -0.1) is 0 Å². The highest BCUT2D eigenvalue weighted by Gasteiger charge is 2.35. The summed E-state index contributed by atoms with van der Waals surface area (Å²) in [7, 11) is 0. The van der Waals surface area contributed by atoms with Crippen LogP contribution in [0.15, 0.2) is 48.5 Å². The summed E-state index contributed by atoms with van der Waals surface area (Å²) >= 11 is 0. The monoisotopic (exact) mass is 438 g/mol. The number of rotatable bonds is 7. The number of carboxylic acid groups (broad SMARTS) is 1. The summed E-state index contributed by atoms with van der Waals surface area (Å²) in [6.45, 7) is 7.22. The zero-order chi connectivity index (χ0) is 23.5. The molecule has 1 aliphatic carbocycles. The van der Waals surface area contributed by atoms with Crippen LogP contribution in [0, 0.1) is 5.41 Å². The fourth-order valence-electron chi connectivity index (χ4n) is 4.07. The lowest BCUT2D eigenvalue weighted by molar-refractivity contribution is -0.137. The lowest BCUT2D eigenvalue weighted by Crippen LogP contribution is -2.55. The molecule has 3 rings (SSSR count). The Hall–Kier alpha value is -3.35. The van der Waals surface area contributed by atoms with Crippen LogP contribution in [-0.2, 0) is 14.3 Å². The molecule has 0 radical (unpaired) electrons. The third-order valence-corrected chi connectivity index (χ3v) is 5.60. The van der Waals surface area contributed by atoms with Gasteiger partial charge in [0.2, 0.25) is 5.91 Å². The number of carboxylic acids is 1. The zero-order valence-corrected chi connectivity index (χ0v) is 18.8. The molecule has 1 aliphatic rings. The third-order valence-electron chi connectivity index (χ3n) is 5.60. The van der Waals surface area contributed by atoms with Gasteiger partial charge in [-0.1, -0.05) is 69.3 Å². The van der Waals surface area contributed by atoms with Crippen LogP contribution in [0.2, 0.25) is 0 Å². The molecule has 3 N–H and O–H groups in total. The SMILES string of the molecule is C[C@@H](CC(=O)O)NC(=O)C(NC(=O)OCC1c2ccccc2-c2ccccc21)C(C)(C)C. The molecule has 2 atom stereocenters. The van der Waals surface area contributed by atoms with Crippen LogP contribution in [0.1, 0.15) is 51.2 Å². The molecule has 0 fully saturated rings. The molecule has 32 heavy (non-hydrogen) atoms. The van der Waals surface area contributed by atoms with Crippen LogP contribution in [-0.4, -0.2) is 41.8 Å². The molecule has 170 valence electrons. The van der Waals surface area contributed by atoms with Gasteiger partial charge in [0.05, 0.1) is 6.42 Å².